The van der Waals surface area contributed by atoms with Gasteiger partial charge in [0.1, 0.15) is 17.4 Å². The minimum absolute atomic E-state index is 0.0165. The van der Waals surface area contributed by atoms with Crippen LogP contribution in [0.25, 0.3) is 0 Å². The summed E-state index contributed by atoms with van der Waals surface area (Å²) < 4.78 is 5.62. The number of hydrogen-bond acceptors (Lipinski definition) is 4. The summed E-state index contributed by atoms with van der Waals surface area (Å²) in [6, 6.07) is 5.61. The Morgan fingerprint density at radius 2 is 2.29 bits per heavy atom. The van der Waals surface area contributed by atoms with E-state index in [9.17, 15) is 4.79 Å². The van der Waals surface area contributed by atoms with Gasteiger partial charge in [0.15, 0.2) is 5.78 Å². The Balaban J connectivity index is 2.17. The smallest absolute Gasteiger partial charge is 0.163 e. The highest BCUT2D eigenvalue weighted by Crippen LogP contribution is 2.22. The third-order valence-corrected chi connectivity index (χ3v) is 3.10. The summed E-state index contributed by atoms with van der Waals surface area (Å²) in [4.78, 5) is 15.6. The number of Topliss-reactive ketones (excluding diaryl/α,β-unsaturated/α-hetero) is 1. The normalized spacial score (nSPS) is 10.2. The molecule has 17 heavy (non-hydrogen) atoms. The quantitative estimate of drug-likeness (QED) is 0.779. The molecule has 4 heteroatoms. The Kier molecular flexibility index (Phi) is 3.54. The predicted molar refractivity (Wildman–Crippen MR) is 67.6 cm³/mol. The van der Waals surface area contributed by atoms with Crippen LogP contribution in [0.1, 0.15) is 27.9 Å². The highest BCUT2D eigenvalue weighted by Gasteiger charge is 2.09. The number of thiazole rings is 1. The van der Waals surface area contributed by atoms with Crippen molar-refractivity contribution in [3.8, 4) is 5.75 Å². The van der Waals surface area contributed by atoms with E-state index in [1.54, 1.807) is 13.1 Å². The first-order valence-corrected chi connectivity index (χ1v) is 6.17. The first-order valence-electron chi connectivity index (χ1n) is 5.29. The first-order chi connectivity index (χ1) is 8.16. The van der Waals surface area contributed by atoms with Gasteiger partial charge < -0.3 is 4.74 Å². The number of carbonyl (C=O) groups is 1. The molecule has 1 heterocycles. The number of aryl methyl sites for hydroxylation is 1. The second-order valence-corrected chi connectivity index (χ2v) is 4.75. The summed E-state index contributed by atoms with van der Waals surface area (Å²) in [5, 5.41) is 2.81. The number of ether oxygens (including phenoxy) is 1. The summed E-state index contributed by atoms with van der Waals surface area (Å²) in [6.45, 7) is 3.91. The van der Waals surface area contributed by atoms with Crippen molar-refractivity contribution in [1.29, 1.82) is 0 Å². The Labute approximate surface area is 104 Å². The van der Waals surface area contributed by atoms with E-state index in [2.05, 4.69) is 4.98 Å². The Bertz CT molecular complexity index is 520. The van der Waals surface area contributed by atoms with Gasteiger partial charge in [0, 0.05) is 11.6 Å². The van der Waals surface area contributed by atoms with E-state index in [0.29, 0.717) is 17.9 Å². The maximum atomic E-state index is 11.5. The Morgan fingerprint density at radius 1 is 1.47 bits per heavy atom. The van der Waals surface area contributed by atoms with Crippen LogP contribution >= 0.6 is 11.3 Å². The van der Waals surface area contributed by atoms with Crippen LogP contribution in [0.4, 0.5) is 0 Å². The lowest BCUT2D eigenvalue weighted by Crippen LogP contribution is -2.01. The van der Waals surface area contributed by atoms with Crippen LogP contribution in [0.2, 0.25) is 0 Å². The molecule has 0 N–H and O–H groups in total. The molecule has 0 spiro atoms. The summed E-state index contributed by atoms with van der Waals surface area (Å²) in [6.07, 6.45) is 1.74. The van der Waals surface area contributed by atoms with Crippen LogP contribution in [0.5, 0.6) is 5.75 Å². The van der Waals surface area contributed by atoms with Gasteiger partial charge in [0.25, 0.3) is 0 Å². The van der Waals surface area contributed by atoms with Crippen molar-refractivity contribution in [3.63, 3.8) is 0 Å². The summed E-state index contributed by atoms with van der Waals surface area (Å²) in [5.41, 5.74) is 1.68. The highest BCUT2D eigenvalue weighted by molar-refractivity contribution is 7.09. The van der Waals surface area contributed by atoms with Crippen LogP contribution in [-0.4, -0.2) is 10.8 Å². The van der Waals surface area contributed by atoms with Gasteiger partial charge in [-0.05, 0) is 26.0 Å². The average Bonchev–Trinajstić information content (AvgIpc) is 2.80. The molecule has 0 aliphatic heterocycles. The molecule has 1 aromatic carbocycles. The van der Waals surface area contributed by atoms with Crippen molar-refractivity contribution in [2.45, 2.75) is 20.5 Å². The summed E-state index contributed by atoms with van der Waals surface area (Å²) in [7, 11) is 0. The van der Waals surface area contributed by atoms with Gasteiger partial charge in [-0.2, -0.15) is 0 Å². The maximum Gasteiger partial charge on any atom is 0.163 e. The standard InChI is InChI=1S/C13H13NO2S/c1-9-3-4-12(11(7-9)10(2)15)16-8-13-14-5-6-17-13/h3-7H,8H2,1-2H3. The number of hydrogen-bond donors (Lipinski definition) is 0. The molecule has 2 aromatic rings. The molecule has 88 valence electrons. The van der Waals surface area contributed by atoms with E-state index in [0.717, 1.165) is 10.6 Å². The minimum atomic E-state index is 0.0165. The fourth-order valence-corrected chi connectivity index (χ4v) is 2.04. The highest BCUT2D eigenvalue weighted by atomic mass is 32.1. The van der Waals surface area contributed by atoms with Crippen LogP contribution in [0.15, 0.2) is 29.8 Å². The average molecular weight is 247 g/mol. The molecular weight excluding hydrogens is 234 g/mol. The van der Waals surface area contributed by atoms with E-state index in [-0.39, 0.29) is 5.78 Å². The molecule has 0 amide bonds. The van der Waals surface area contributed by atoms with Crippen LogP contribution in [0.3, 0.4) is 0 Å². The second kappa shape index (κ2) is 5.10. The van der Waals surface area contributed by atoms with Crippen LogP contribution in [-0.2, 0) is 6.61 Å². The number of ketones is 1. The molecule has 0 aliphatic rings. The SMILES string of the molecule is CC(=O)c1cc(C)ccc1OCc1nccs1. The van der Waals surface area contributed by atoms with Gasteiger partial charge in [0.05, 0.1) is 5.56 Å². The van der Waals surface area contributed by atoms with E-state index in [1.165, 1.54) is 11.3 Å². The van der Waals surface area contributed by atoms with E-state index in [4.69, 9.17) is 4.74 Å². The third-order valence-electron chi connectivity index (χ3n) is 2.35. The van der Waals surface area contributed by atoms with E-state index < -0.39 is 0 Å². The maximum absolute atomic E-state index is 11.5. The van der Waals surface area contributed by atoms with Crippen molar-refractivity contribution in [2.75, 3.05) is 0 Å². The zero-order valence-corrected chi connectivity index (χ0v) is 10.6. The van der Waals surface area contributed by atoms with Crippen LogP contribution < -0.4 is 4.74 Å². The number of benzene rings is 1. The zero-order valence-electron chi connectivity index (χ0n) is 9.77. The molecule has 2 rings (SSSR count). The molecule has 1 aromatic heterocycles. The van der Waals surface area contributed by atoms with Gasteiger partial charge in [0.2, 0.25) is 0 Å². The van der Waals surface area contributed by atoms with Gasteiger partial charge >= 0.3 is 0 Å². The third kappa shape index (κ3) is 2.91. The van der Waals surface area contributed by atoms with Crippen molar-refractivity contribution < 1.29 is 9.53 Å². The lowest BCUT2D eigenvalue weighted by molar-refractivity contribution is 0.101. The predicted octanol–water partition coefficient (Wildman–Crippen LogP) is 3.23. The summed E-state index contributed by atoms with van der Waals surface area (Å²) >= 11 is 1.54. The molecule has 0 saturated heterocycles. The largest absolute Gasteiger partial charge is 0.486 e. The summed E-state index contributed by atoms with van der Waals surface area (Å²) in [5.74, 6) is 0.640. The number of aromatic nitrogens is 1. The van der Waals surface area contributed by atoms with Crippen molar-refractivity contribution >= 4 is 17.1 Å². The molecule has 0 bridgehead atoms. The van der Waals surface area contributed by atoms with Gasteiger partial charge in [-0.3, -0.25) is 4.79 Å². The monoisotopic (exact) mass is 247 g/mol. The van der Waals surface area contributed by atoms with Crippen molar-refractivity contribution in [2.24, 2.45) is 0 Å². The van der Waals surface area contributed by atoms with Crippen molar-refractivity contribution in [3.05, 3.63) is 45.9 Å². The lowest BCUT2D eigenvalue weighted by atomic mass is 10.1. The fourth-order valence-electron chi connectivity index (χ4n) is 1.51. The molecule has 0 radical (unpaired) electrons. The fraction of sp³-hybridized carbons (Fsp3) is 0.231. The Hall–Kier alpha value is -1.68. The van der Waals surface area contributed by atoms with E-state index in [1.807, 2.05) is 30.5 Å². The molecule has 0 atom stereocenters. The van der Waals surface area contributed by atoms with Gasteiger partial charge in [-0.15, -0.1) is 11.3 Å². The first kappa shape index (κ1) is 11.8. The molecular formula is C13H13NO2S. The molecule has 0 aliphatic carbocycles. The van der Waals surface area contributed by atoms with Gasteiger partial charge in [-0.1, -0.05) is 11.6 Å². The molecule has 3 nitrogen and oxygen atoms in total. The minimum Gasteiger partial charge on any atom is -0.486 e. The van der Waals surface area contributed by atoms with Crippen LogP contribution in [0, 0.1) is 6.92 Å². The zero-order chi connectivity index (χ0) is 12.3. The topological polar surface area (TPSA) is 39.2 Å². The van der Waals surface area contributed by atoms with Gasteiger partial charge in [-0.25, -0.2) is 4.98 Å². The molecule has 0 saturated carbocycles. The second-order valence-electron chi connectivity index (χ2n) is 3.77. The number of nitrogens with zero attached hydrogens (tertiary/aromatic N) is 1. The molecule has 0 unspecified atom stereocenters. The number of rotatable bonds is 4. The lowest BCUT2D eigenvalue weighted by Gasteiger charge is -2.09. The molecule has 0 fully saturated rings. The number of carbonyl (C=O) groups excluding carboxylic acids is 1. The van der Waals surface area contributed by atoms with Crippen molar-refractivity contribution in [1.82, 2.24) is 4.98 Å². The Morgan fingerprint density at radius 3 is 2.94 bits per heavy atom. The van der Waals surface area contributed by atoms with E-state index >= 15 is 0 Å².